The van der Waals surface area contributed by atoms with E-state index in [-0.39, 0.29) is 30.1 Å². The number of hydrogen-bond donors (Lipinski definition) is 3. The van der Waals surface area contributed by atoms with Crippen LogP contribution in [0.25, 0.3) is 0 Å². The molecule has 0 radical (unpaired) electrons. The number of hydrogen-bond acceptors (Lipinski definition) is 4. The number of nitrogens with one attached hydrogen (secondary N) is 3. The molecule has 3 N–H and O–H groups in total. The second-order valence-electron chi connectivity index (χ2n) is 7.97. The van der Waals surface area contributed by atoms with Gasteiger partial charge in [-0.25, -0.2) is 4.79 Å². The molecule has 5 nitrogen and oxygen atoms in total. The SMILES string of the molecule is O=C(CCCC[C@@H]1SC[C@@H]2NC(=O)N[C@@H]21)N[C@@H](c1cccs1)C1CCCC1. The van der Waals surface area contributed by atoms with E-state index in [4.69, 9.17) is 0 Å². The molecule has 3 heterocycles. The van der Waals surface area contributed by atoms with Gasteiger partial charge in [0.15, 0.2) is 0 Å². The van der Waals surface area contributed by atoms with Gasteiger partial charge in [-0.2, -0.15) is 11.8 Å². The lowest BCUT2D eigenvalue weighted by Crippen LogP contribution is -2.36. The molecular formula is C20H29N3O2S2. The second kappa shape index (κ2) is 8.86. The zero-order valence-electron chi connectivity index (χ0n) is 15.6. The molecule has 0 bridgehead atoms. The Morgan fingerprint density at radius 1 is 1.26 bits per heavy atom. The second-order valence-corrected chi connectivity index (χ2v) is 10.2. The van der Waals surface area contributed by atoms with E-state index >= 15 is 0 Å². The molecule has 3 fully saturated rings. The Balaban J connectivity index is 1.20. The summed E-state index contributed by atoms with van der Waals surface area (Å²) < 4.78 is 0. The first-order chi connectivity index (χ1) is 13.2. The summed E-state index contributed by atoms with van der Waals surface area (Å²) in [6, 6.07) is 4.96. The van der Waals surface area contributed by atoms with E-state index < -0.39 is 0 Å². The lowest BCUT2D eigenvalue weighted by atomic mass is 9.96. The number of rotatable bonds is 8. The number of thiophene rings is 1. The smallest absolute Gasteiger partial charge is 0.315 e. The van der Waals surface area contributed by atoms with Crippen molar-refractivity contribution in [2.45, 2.75) is 74.7 Å². The normalized spacial score (nSPS) is 28.6. The Morgan fingerprint density at radius 3 is 2.89 bits per heavy atom. The Morgan fingerprint density at radius 2 is 2.11 bits per heavy atom. The molecule has 0 aromatic carbocycles. The molecule has 1 aliphatic carbocycles. The van der Waals surface area contributed by atoms with Gasteiger partial charge >= 0.3 is 6.03 Å². The molecule has 1 aromatic heterocycles. The first-order valence-corrected chi connectivity index (χ1v) is 12.1. The molecule has 0 unspecified atom stereocenters. The lowest BCUT2D eigenvalue weighted by molar-refractivity contribution is -0.122. The van der Waals surface area contributed by atoms with Crippen LogP contribution in [0.2, 0.25) is 0 Å². The number of urea groups is 1. The number of carbonyl (C=O) groups excluding carboxylic acids is 2. The average Bonchev–Trinajstić information content (AvgIpc) is 3.42. The standard InChI is InChI=1S/C20H29N3O2S2/c24-17(22-18(13-6-1-2-7-13)15-9-5-11-26-15)10-4-3-8-16-19-14(12-27-16)21-20(25)23-19/h5,9,11,13-14,16,18-19H,1-4,6-8,10,12H2,(H,22,24)(H2,21,23,25)/t14-,16-,18+,19-/m0/s1. The third-order valence-electron chi connectivity index (χ3n) is 6.12. The van der Waals surface area contributed by atoms with Crippen molar-refractivity contribution in [3.05, 3.63) is 22.4 Å². The van der Waals surface area contributed by atoms with Gasteiger partial charge in [0, 0.05) is 22.3 Å². The largest absolute Gasteiger partial charge is 0.348 e. The van der Waals surface area contributed by atoms with Crippen LogP contribution in [-0.2, 0) is 4.79 Å². The summed E-state index contributed by atoms with van der Waals surface area (Å²) in [6.07, 6.45) is 8.65. The zero-order valence-corrected chi connectivity index (χ0v) is 17.2. The van der Waals surface area contributed by atoms with Crippen LogP contribution in [0.5, 0.6) is 0 Å². The van der Waals surface area contributed by atoms with Gasteiger partial charge in [0.25, 0.3) is 0 Å². The molecular weight excluding hydrogens is 378 g/mol. The van der Waals surface area contributed by atoms with E-state index in [1.807, 2.05) is 11.8 Å². The van der Waals surface area contributed by atoms with Crippen molar-refractivity contribution in [1.82, 2.24) is 16.0 Å². The Labute approximate surface area is 169 Å². The fourth-order valence-electron chi connectivity index (χ4n) is 4.70. The first kappa shape index (κ1) is 19.1. The lowest BCUT2D eigenvalue weighted by Gasteiger charge is -2.24. The van der Waals surface area contributed by atoms with Crippen molar-refractivity contribution in [3.63, 3.8) is 0 Å². The summed E-state index contributed by atoms with van der Waals surface area (Å²) >= 11 is 3.70. The van der Waals surface area contributed by atoms with Gasteiger partial charge in [-0.15, -0.1) is 11.3 Å². The molecule has 1 aromatic rings. The van der Waals surface area contributed by atoms with Crippen LogP contribution < -0.4 is 16.0 Å². The molecule has 2 saturated heterocycles. The van der Waals surface area contributed by atoms with Gasteiger partial charge in [-0.1, -0.05) is 25.3 Å². The topological polar surface area (TPSA) is 70.2 Å². The molecule has 148 valence electrons. The molecule has 3 amide bonds. The van der Waals surface area contributed by atoms with Gasteiger partial charge in [0.1, 0.15) is 0 Å². The molecule has 0 spiro atoms. The Hall–Kier alpha value is -1.21. The van der Waals surface area contributed by atoms with Crippen LogP contribution in [-0.4, -0.2) is 35.0 Å². The van der Waals surface area contributed by atoms with Crippen molar-refractivity contribution < 1.29 is 9.59 Å². The van der Waals surface area contributed by atoms with E-state index in [9.17, 15) is 9.59 Å². The number of unbranched alkanes of at least 4 members (excludes halogenated alkanes) is 1. The van der Waals surface area contributed by atoms with Crippen molar-refractivity contribution in [2.24, 2.45) is 5.92 Å². The van der Waals surface area contributed by atoms with E-state index in [1.54, 1.807) is 11.3 Å². The van der Waals surface area contributed by atoms with Crippen LogP contribution >= 0.6 is 23.1 Å². The maximum Gasteiger partial charge on any atom is 0.315 e. The van der Waals surface area contributed by atoms with Gasteiger partial charge in [0.05, 0.1) is 18.1 Å². The molecule has 7 heteroatoms. The zero-order chi connectivity index (χ0) is 18.6. The van der Waals surface area contributed by atoms with Gasteiger partial charge in [-0.3, -0.25) is 4.79 Å². The highest BCUT2D eigenvalue weighted by Crippen LogP contribution is 2.37. The Bertz CT molecular complexity index is 646. The van der Waals surface area contributed by atoms with Crippen LogP contribution in [0.3, 0.4) is 0 Å². The quantitative estimate of drug-likeness (QED) is 0.453. The molecule has 4 rings (SSSR count). The highest BCUT2D eigenvalue weighted by Gasteiger charge is 2.42. The third-order valence-corrected chi connectivity index (χ3v) is 8.58. The molecule has 1 saturated carbocycles. The van der Waals surface area contributed by atoms with E-state index in [0.717, 1.165) is 25.0 Å². The maximum atomic E-state index is 12.5. The van der Waals surface area contributed by atoms with Crippen LogP contribution in [0.15, 0.2) is 17.5 Å². The van der Waals surface area contributed by atoms with Gasteiger partial charge < -0.3 is 16.0 Å². The summed E-state index contributed by atoms with van der Waals surface area (Å²) in [7, 11) is 0. The van der Waals surface area contributed by atoms with E-state index in [0.29, 0.717) is 17.6 Å². The van der Waals surface area contributed by atoms with Gasteiger partial charge in [0.2, 0.25) is 5.91 Å². The molecule has 4 atom stereocenters. The van der Waals surface area contributed by atoms with Crippen molar-refractivity contribution >= 4 is 35.0 Å². The molecule has 2 aliphatic heterocycles. The predicted molar refractivity (Wildman–Crippen MR) is 111 cm³/mol. The van der Waals surface area contributed by atoms with Crippen LogP contribution in [0, 0.1) is 5.92 Å². The summed E-state index contributed by atoms with van der Waals surface area (Å²) in [5.41, 5.74) is 0. The van der Waals surface area contributed by atoms with Crippen molar-refractivity contribution in [1.29, 1.82) is 0 Å². The summed E-state index contributed by atoms with van der Waals surface area (Å²) in [5.74, 6) is 1.78. The molecule has 27 heavy (non-hydrogen) atoms. The predicted octanol–water partition coefficient (Wildman–Crippen LogP) is 3.82. The minimum atomic E-state index is -0.0267. The van der Waals surface area contributed by atoms with Gasteiger partial charge in [-0.05, 0) is 43.0 Å². The maximum absolute atomic E-state index is 12.5. The average molecular weight is 408 g/mol. The first-order valence-electron chi connectivity index (χ1n) is 10.2. The number of carbonyl (C=O) groups is 2. The highest BCUT2D eigenvalue weighted by atomic mass is 32.2. The van der Waals surface area contributed by atoms with Crippen molar-refractivity contribution in [2.75, 3.05) is 5.75 Å². The monoisotopic (exact) mass is 407 g/mol. The van der Waals surface area contributed by atoms with E-state index in [2.05, 4.69) is 33.5 Å². The van der Waals surface area contributed by atoms with Crippen LogP contribution in [0.1, 0.15) is 62.3 Å². The van der Waals surface area contributed by atoms with Crippen molar-refractivity contribution in [3.8, 4) is 0 Å². The Kier molecular flexibility index (Phi) is 6.28. The van der Waals surface area contributed by atoms with E-state index in [1.165, 1.54) is 30.6 Å². The molecule has 3 aliphatic rings. The fourth-order valence-corrected chi connectivity index (χ4v) is 7.11. The summed E-state index contributed by atoms with van der Waals surface area (Å²) in [5, 5.41) is 11.9. The highest BCUT2D eigenvalue weighted by molar-refractivity contribution is 8.00. The minimum absolute atomic E-state index is 0.0267. The summed E-state index contributed by atoms with van der Waals surface area (Å²) in [6.45, 7) is 0. The number of amides is 3. The minimum Gasteiger partial charge on any atom is -0.348 e. The fraction of sp³-hybridized carbons (Fsp3) is 0.700. The number of thioether (sulfide) groups is 1. The summed E-state index contributed by atoms with van der Waals surface area (Å²) in [4.78, 5) is 25.3. The van der Waals surface area contributed by atoms with Crippen LogP contribution in [0.4, 0.5) is 4.79 Å². The third kappa shape index (κ3) is 4.62. The number of fused-ring (bicyclic) bond motifs is 1.